The molecule has 0 aliphatic rings. The van der Waals surface area contributed by atoms with Crippen molar-refractivity contribution in [1.29, 1.82) is 0 Å². The van der Waals surface area contributed by atoms with Gasteiger partial charge in [-0.3, -0.25) is 0 Å². The summed E-state index contributed by atoms with van der Waals surface area (Å²) in [6, 6.07) is 2.80. The van der Waals surface area contributed by atoms with Crippen molar-refractivity contribution < 1.29 is 4.39 Å². The second-order valence-corrected chi connectivity index (χ2v) is 3.70. The Labute approximate surface area is 95.0 Å². The minimum Gasteiger partial charge on any atom is -0.205 e. The molecule has 0 fully saturated rings. The average Bonchev–Trinajstić information content (AvgIpc) is 2.15. The Hall–Kier alpha value is -0.270. The predicted octanol–water partition coefficient (Wildman–Crippen LogP) is 5.28. The van der Waals surface area contributed by atoms with Crippen molar-refractivity contribution in [1.82, 2.24) is 0 Å². The van der Waals surface area contributed by atoms with Gasteiger partial charge in [0, 0.05) is 5.02 Å². The summed E-state index contributed by atoms with van der Waals surface area (Å²) in [7, 11) is 0. The summed E-state index contributed by atoms with van der Waals surface area (Å²) in [4.78, 5) is 0. The lowest BCUT2D eigenvalue weighted by Crippen LogP contribution is -1.92. The molecule has 1 aromatic carbocycles. The molecule has 0 saturated heterocycles. The number of halogens is 3. The Morgan fingerprint density at radius 3 is 2.00 bits per heavy atom. The SMILES string of the molecule is CC.CC(C)c1c(Cl)ccc(F)c1Cl. The highest BCUT2D eigenvalue weighted by atomic mass is 35.5. The van der Waals surface area contributed by atoms with E-state index >= 15 is 0 Å². The first-order valence-electron chi connectivity index (χ1n) is 4.67. The highest BCUT2D eigenvalue weighted by Gasteiger charge is 2.12. The summed E-state index contributed by atoms with van der Waals surface area (Å²) in [6.45, 7) is 7.85. The van der Waals surface area contributed by atoms with Crippen LogP contribution in [0.2, 0.25) is 10.0 Å². The molecule has 0 atom stereocenters. The van der Waals surface area contributed by atoms with E-state index in [0.29, 0.717) is 10.6 Å². The van der Waals surface area contributed by atoms with Gasteiger partial charge in [-0.2, -0.15) is 0 Å². The molecule has 80 valence electrons. The summed E-state index contributed by atoms with van der Waals surface area (Å²) in [6.07, 6.45) is 0. The summed E-state index contributed by atoms with van der Waals surface area (Å²) < 4.78 is 12.9. The van der Waals surface area contributed by atoms with Crippen LogP contribution < -0.4 is 0 Å². The molecular weight excluding hydrogens is 222 g/mol. The fraction of sp³-hybridized carbons (Fsp3) is 0.455. The molecule has 0 spiro atoms. The maximum atomic E-state index is 12.9. The fourth-order valence-electron chi connectivity index (χ4n) is 1.07. The zero-order valence-corrected chi connectivity index (χ0v) is 10.4. The molecule has 0 aromatic heterocycles. The Morgan fingerprint density at radius 1 is 1.14 bits per heavy atom. The van der Waals surface area contributed by atoms with Crippen LogP contribution in [0.25, 0.3) is 0 Å². The molecule has 14 heavy (non-hydrogen) atoms. The molecule has 1 rings (SSSR count). The van der Waals surface area contributed by atoms with Crippen LogP contribution in [0.4, 0.5) is 4.39 Å². The van der Waals surface area contributed by atoms with Gasteiger partial charge in [0.15, 0.2) is 0 Å². The van der Waals surface area contributed by atoms with Crippen molar-refractivity contribution in [2.24, 2.45) is 0 Å². The van der Waals surface area contributed by atoms with E-state index in [4.69, 9.17) is 23.2 Å². The highest BCUT2D eigenvalue weighted by molar-refractivity contribution is 6.36. The van der Waals surface area contributed by atoms with Crippen LogP contribution in [-0.2, 0) is 0 Å². The molecular formula is C11H15Cl2F. The average molecular weight is 237 g/mol. The highest BCUT2D eigenvalue weighted by Crippen LogP contribution is 2.32. The van der Waals surface area contributed by atoms with E-state index in [-0.39, 0.29) is 10.9 Å². The molecule has 0 aliphatic heterocycles. The van der Waals surface area contributed by atoms with E-state index in [1.54, 1.807) is 0 Å². The zero-order chi connectivity index (χ0) is 11.3. The zero-order valence-electron chi connectivity index (χ0n) is 8.87. The number of rotatable bonds is 1. The number of hydrogen-bond donors (Lipinski definition) is 0. The lowest BCUT2D eigenvalue weighted by atomic mass is 10.0. The molecule has 1 aromatic rings. The van der Waals surface area contributed by atoms with Crippen LogP contribution in [0.5, 0.6) is 0 Å². The Bertz CT molecular complexity index is 296. The fourth-order valence-corrected chi connectivity index (χ4v) is 1.88. The van der Waals surface area contributed by atoms with Crippen molar-refractivity contribution >= 4 is 23.2 Å². The normalized spacial score (nSPS) is 9.71. The summed E-state index contributed by atoms with van der Waals surface area (Å²) in [5, 5.41) is 0.661. The second kappa shape index (κ2) is 6.26. The minimum atomic E-state index is -0.412. The summed E-state index contributed by atoms with van der Waals surface area (Å²) in [5.74, 6) is -0.273. The van der Waals surface area contributed by atoms with E-state index in [0.717, 1.165) is 0 Å². The topological polar surface area (TPSA) is 0 Å². The van der Waals surface area contributed by atoms with Crippen molar-refractivity contribution in [3.05, 3.63) is 33.6 Å². The molecule has 0 saturated carbocycles. The quantitative estimate of drug-likeness (QED) is 0.582. The van der Waals surface area contributed by atoms with Gasteiger partial charge in [0.25, 0.3) is 0 Å². The molecule has 0 N–H and O–H groups in total. The Balaban J connectivity index is 0.000000791. The maximum Gasteiger partial charge on any atom is 0.142 e. The predicted molar refractivity (Wildman–Crippen MR) is 61.9 cm³/mol. The van der Waals surface area contributed by atoms with Gasteiger partial charge in [0.1, 0.15) is 5.82 Å². The molecule has 0 aliphatic carbocycles. The van der Waals surface area contributed by atoms with Gasteiger partial charge in [-0.1, -0.05) is 50.9 Å². The van der Waals surface area contributed by atoms with Crippen molar-refractivity contribution in [2.75, 3.05) is 0 Å². The van der Waals surface area contributed by atoms with Crippen LogP contribution in [0.15, 0.2) is 12.1 Å². The van der Waals surface area contributed by atoms with E-state index in [9.17, 15) is 4.39 Å². The van der Waals surface area contributed by atoms with E-state index in [1.807, 2.05) is 27.7 Å². The van der Waals surface area contributed by atoms with Gasteiger partial charge < -0.3 is 0 Å². The van der Waals surface area contributed by atoms with Crippen molar-refractivity contribution in [3.8, 4) is 0 Å². The lowest BCUT2D eigenvalue weighted by Gasteiger charge is -2.10. The monoisotopic (exact) mass is 236 g/mol. The smallest absolute Gasteiger partial charge is 0.142 e. The molecule has 3 heteroatoms. The van der Waals surface area contributed by atoms with Crippen LogP contribution in [-0.4, -0.2) is 0 Å². The molecule has 0 amide bonds. The van der Waals surface area contributed by atoms with Gasteiger partial charge in [0.05, 0.1) is 5.02 Å². The Morgan fingerprint density at radius 2 is 1.64 bits per heavy atom. The third-order valence-corrected chi connectivity index (χ3v) is 2.37. The first-order chi connectivity index (χ1) is 6.54. The van der Waals surface area contributed by atoms with Crippen LogP contribution in [0.3, 0.4) is 0 Å². The van der Waals surface area contributed by atoms with Crippen LogP contribution in [0.1, 0.15) is 39.2 Å². The third-order valence-electron chi connectivity index (χ3n) is 1.66. The minimum absolute atomic E-state index is 0.137. The number of benzene rings is 1. The van der Waals surface area contributed by atoms with Gasteiger partial charge in [-0.05, 0) is 23.6 Å². The Kier molecular flexibility index (Phi) is 6.14. The third kappa shape index (κ3) is 3.14. The largest absolute Gasteiger partial charge is 0.205 e. The number of hydrogen-bond acceptors (Lipinski definition) is 0. The first kappa shape index (κ1) is 13.7. The molecule has 0 radical (unpaired) electrons. The van der Waals surface area contributed by atoms with E-state index < -0.39 is 5.82 Å². The van der Waals surface area contributed by atoms with Gasteiger partial charge in [-0.15, -0.1) is 0 Å². The molecule has 0 unspecified atom stereocenters. The van der Waals surface area contributed by atoms with Crippen LogP contribution in [0, 0.1) is 5.82 Å². The standard InChI is InChI=1S/C9H9Cl2F.C2H6/c1-5(2)8-6(10)3-4-7(12)9(8)11;1-2/h3-5H,1-2H3;1-2H3. The van der Waals surface area contributed by atoms with Crippen LogP contribution >= 0.6 is 23.2 Å². The van der Waals surface area contributed by atoms with Crippen molar-refractivity contribution in [3.63, 3.8) is 0 Å². The van der Waals surface area contributed by atoms with Gasteiger partial charge >= 0.3 is 0 Å². The van der Waals surface area contributed by atoms with Gasteiger partial charge in [0.2, 0.25) is 0 Å². The van der Waals surface area contributed by atoms with Crippen molar-refractivity contribution in [2.45, 2.75) is 33.6 Å². The maximum absolute atomic E-state index is 12.9. The summed E-state index contributed by atoms with van der Waals surface area (Å²) >= 11 is 11.6. The van der Waals surface area contributed by atoms with E-state index in [2.05, 4.69) is 0 Å². The van der Waals surface area contributed by atoms with E-state index in [1.165, 1.54) is 12.1 Å². The molecule has 0 heterocycles. The first-order valence-corrected chi connectivity index (χ1v) is 5.43. The lowest BCUT2D eigenvalue weighted by molar-refractivity contribution is 0.624. The molecule has 0 nitrogen and oxygen atoms in total. The summed E-state index contributed by atoms with van der Waals surface area (Å²) in [5.41, 5.74) is 0.679. The van der Waals surface area contributed by atoms with Gasteiger partial charge in [-0.25, -0.2) is 4.39 Å². The molecule has 0 bridgehead atoms. The second-order valence-electron chi connectivity index (χ2n) is 2.91.